The molecule has 6 heteroatoms. The monoisotopic (exact) mass is 386 g/mol. The summed E-state index contributed by atoms with van der Waals surface area (Å²) in [5, 5.41) is 3.30. The van der Waals surface area contributed by atoms with Gasteiger partial charge in [0.25, 0.3) is 0 Å². The Morgan fingerprint density at radius 2 is 1.96 bits per heavy atom. The van der Waals surface area contributed by atoms with Gasteiger partial charge in [0.1, 0.15) is 5.76 Å². The number of carbonyl (C=O) groups excluding carboxylic acids is 1. The average molecular weight is 387 g/mol. The third-order valence-electron chi connectivity index (χ3n) is 3.92. The van der Waals surface area contributed by atoms with Crippen LogP contribution in [0.4, 0.5) is 5.69 Å². The highest BCUT2D eigenvalue weighted by atomic mass is 35.5. The molecule has 0 aliphatic heterocycles. The van der Waals surface area contributed by atoms with Gasteiger partial charge in [-0.05, 0) is 51.1 Å². The van der Waals surface area contributed by atoms with Crippen LogP contribution in [0.25, 0.3) is 11.5 Å². The highest BCUT2D eigenvalue weighted by Crippen LogP contribution is 2.31. The lowest BCUT2D eigenvalue weighted by molar-refractivity contribution is -0.115. The Balaban J connectivity index is 1.71. The number of aryl methyl sites for hydroxylation is 2. The predicted molar refractivity (Wildman–Crippen MR) is 107 cm³/mol. The Hall–Kier alpha value is -2.24. The molecule has 1 amide bonds. The van der Waals surface area contributed by atoms with Crippen molar-refractivity contribution in [1.82, 2.24) is 4.98 Å². The Morgan fingerprint density at radius 1 is 1.19 bits per heavy atom. The summed E-state index contributed by atoms with van der Waals surface area (Å²) in [4.78, 5) is 17.8. The number of carbonyl (C=O) groups is 1. The van der Waals surface area contributed by atoms with E-state index in [-0.39, 0.29) is 11.2 Å². The van der Waals surface area contributed by atoms with Crippen molar-refractivity contribution in [2.75, 3.05) is 5.32 Å². The molecule has 1 heterocycles. The second-order valence-corrected chi connectivity index (χ2v) is 7.71. The molecule has 0 fully saturated rings. The maximum absolute atomic E-state index is 12.5. The number of hydrogen-bond acceptors (Lipinski definition) is 4. The van der Waals surface area contributed by atoms with E-state index in [0.717, 1.165) is 21.9 Å². The van der Waals surface area contributed by atoms with Crippen LogP contribution in [-0.2, 0) is 4.79 Å². The Kier molecular flexibility index (Phi) is 5.69. The number of hydrogen-bond donors (Lipinski definition) is 1. The molecule has 0 saturated carbocycles. The Bertz CT molecular complexity index is 920. The normalized spacial score (nSPS) is 12.0. The van der Waals surface area contributed by atoms with Crippen LogP contribution >= 0.6 is 23.4 Å². The van der Waals surface area contributed by atoms with Crippen molar-refractivity contribution in [2.45, 2.75) is 30.9 Å². The minimum atomic E-state index is -0.287. The Morgan fingerprint density at radius 3 is 2.65 bits per heavy atom. The fraction of sp³-hybridized carbons (Fsp3) is 0.200. The summed E-state index contributed by atoms with van der Waals surface area (Å²) in [5.41, 5.74) is 2.39. The van der Waals surface area contributed by atoms with Gasteiger partial charge >= 0.3 is 0 Å². The number of nitrogens with zero attached hydrogens (tertiary/aromatic N) is 1. The number of amides is 1. The summed E-state index contributed by atoms with van der Waals surface area (Å²) < 4.78 is 5.66. The first-order valence-electron chi connectivity index (χ1n) is 8.20. The first-order valence-corrected chi connectivity index (χ1v) is 9.46. The first-order chi connectivity index (χ1) is 12.4. The lowest BCUT2D eigenvalue weighted by Gasteiger charge is -2.13. The molecule has 134 valence electrons. The summed E-state index contributed by atoms with van der Waals surface area (Å²) in [6, 6.07) is 15.0. The minimum absolute atomic E-state index is 0.0909. The highest BCUT2D eigenvalue weighted by Gasteiger charge is 2.16. The van der Waals surface area contributed by atoms with E-state index >= 15 is 0 Å². The second-order valence-electron chi connectivity index (χ2n) is 5.92. The van der Waals surface area contributed by atoms with Gasteiger partial charge in [-0.3, -0.25) is 4.79 Å². The quantitative estimate of drug-likeness (QED) is 0.569. The molecule has 2 aromatic carbocycles. The molecule has 3 aromatic rings. The molecular formula is C20H19ClN2O2S. The topological polar surface area (TPSA) is 55.1 Å². The maximum Gasteiger partial charge on any atom is 0.237 e. The number of nitrogens with one attached hydrogen (secondary N) is 1. The summed E-state index contributed by atoms with van der Waals surface area (Å²) in [6.45, 7) is 5.64. The molecule has 0 radical (unpaired) electrons. The molecule has 1 unspecified atom stereocenters. The van der Waals surface area contributed by atoms with Crippen LogP contribution in [0.15, 0.2) is 57.8 Å². The van der Waals surface area contributed by atoms with E-state index in [1.807, 2.05) is 69.3 Å². The zero-order valence-electron chi connectivity index (χ0n) is 14.7. The zero-order chi connectivity index (χ0) is 18.7. The molecule has 0 aliphatic rings. The molecule has 0 saturated heterocycles. The van der Waals surface area contributed by atoms with Crippen LogP contribution in [0.5, 0.6) is 0 Å². The molecule has 1 atom stereocenters. The fourth-order valence-corrected chi connectivity index (χ4v) is 3.51. The van der Waals surface area contributed by atoms with Gasteiger partial charge in [0.05, 0.1) is 16.0 Å². The van der Waals surface area contributed by atoms with Crippen LogP contribution in [0.3, 0.4) is 0 Å². The van der Waals surface area contributed by atoms with E-state index in [4.69, 9.17) is 16.0 Å². The second kappa shape index (κ2) is 7.98. The molecule has 0 aliphatic carbocycles. The zero-order valence-corrected chi connectivity index (χ0v) is 16.3. The van der Waals surface area contributed by atoms with Crippen LogP contribution in [0.2, 0.25) is 5.02 Å². The van der Waals surface area contributed by atoms with Gasteiger partial charge in [-0.2, -0.15) is 0 Å². The molecular weight excluding hydrogens is 368 g/mol. The third kappa shape index (κ3) is 4.29. The fourth-order valence-electron chi connectivity index (χ4n) is 2.35. The molecule has 1 aromatic heterocycles. The number of oxazole rings is 1. The van der Waals surface area contributed by atoms with E-state index in [1.54, 1.807) is 0 Å². The van der Waals surface area contributed by atoms with E-state index < -0.39 is 0 Å². The highest BCUT2D eigenvalue weighted by molar-refractivity contribution is 8.00. The summed E-state index contributed by atoms with van der Waals surface area (Å²) in [5.74, 6) is 1.25. The van der Waals surface area contributed by atoms with Gasteiger partial charge in [0.15, 0.2) is 0 Å². The molecule has 3 rings (SSSR count). The number of halogens is 1. The molecule has 26 heavy (non-hydrogen) atoms. The average Bonchev–Trinajstić information content (AvgIpc) is 2.96. The molecule has 0 bridgehead atoms. The van der Waals surface area contributed by atoms with E-state index in [1.165, 1.54) is 11.8 Å². The van der Waals surface area contributed by atoms with Crippen molar-refractivity contribution in [3.63, 3.8) is 0 Å². The van der Waals surface area contributed by atoms with Gasteiger partial charge in [-0.15, -0.1) is 11.8 Å². The smallest absolute Gasteiger partial charge is 0.237 e. The van der Waals surface area contributed by atoms with E-state index in [2.05, 4.69) is 10.3 Å². The van der Waals surface area contributed by atoms with Crippen LogP contribution in [0.1, 0.15) is 18.4 Å². The van der Waals surface area contributed by atoms with Gasteiger partial charge in [0, 0.05) is 16.1 Å². The number of rotatable bonds is 5. The van der Waals surface area contributed by atoms with E-state index in [9.17, 15) is 4.79 Å². The van der Waals surface area contributed by atoms with Crippen molar-refractivity contribution in [1.29, 1.82) is 0 Å². The van der Waals surface area contributed by atoms with Crippen LogP contribution in [-0.4, -0.2) is 16.1 Å². The minimum Gasteiger partial charge on any atom is -0.441 e. The molecule has 1 N–H and O–H groups in total. The first kappa shape index (κ1) is 18.5. The standard InChI is InChI=1S/C20H19ClN2O2S/c1-12-13(2)25-20(22-12)15-7-6-8-16(11-15)23-19(24)14(3)26-18-10-5-4-9-17(18)21/h4-11,14H,1-3H3,(H,23,24). The molecule has 0 spiro atoms. The Labute approximate surface area is 162 Å². The van der Waals surface area contributed by atoms with Gasteiger partial charge in [-0.25, -0.2) is 4.98 Å². The summed E-state index contributed by atoms with van der Waals surface area (Å²) in [6.07, 6.45) is 0. The van der Waals surface area contributed by atoms with Crippen molar-refractivity contribution in [2.24, 2.45) is 0 Å². The van der Waals surface area contributed by atoms with Gasteiger partial charge in [-0.1, -0.05) is 29.8 Å². The lowest BCUT2D eigenvalue weighted by atomic mass is 10.2. The predicted octanol–water partition coefficient (Wildman–Crippen LogP) is 5.73. The third-order valence-corrected chi connectivity index (χ3v) is 5.53. The van der Waals surface area contributed by atoms with Gasteiger partial charge in [0.2, 0.25) is 11.8 Å². The number of anilines is 1. The lowest BCUT2D eigenvalue weighted by Crippen LogP contribution is -2.22. The number of benzene rings is 2. The molecule has 4 nitrogen and oxygen atoms in total. The SMILES string of the molecule is Cc1nc(-c2cccc(NC(=O)C(C)Sc3ccccc3Cl)c2)oc1C. The van der Waals surface area contributed by atoms with Crippen molar-refractivity contribution >= 4 is 35.0 Å². The summed E-state index contributed by atoms with van der Waals surface area (Å²) >= 11 is 7.60. The van der Waals surface area contributed by atoms with Crippen molar-refractivity contribution in [3.8, 4) is 11.5 Å². The van der Waals surface area contributed by atoms with Crippen molar-refractivity contribution in [3.05, 3.63) is 65.0 Å². The summed E-state index contributed by atoms with van der Waals surface area (Å²) in [7, 11) is 0. The van der Waals surface area contributed by atoms with Crippen LogP contribution in [0, 0.1) is 13.8 Å². The van der Waals surface area contributed by atoms with Gasteiger partial charge < -0.3 is 9.73 Å². The largest absolute Gasteiger partial charge is 0.441 e. The number of aromatic nitrogens is 1. The van der Waals surface area contributed by atoms with Crippen molar-refractivity contribution < 1.29 is 9.21 Å². The van der Waals surface area contributed by atoms with E-state index in [0.29, 0.717) is 16.6 Å². The number of thioether (sulfide) groups is 1. The maximum atomic E-state index is 12.5. The van der Waals surface area contributed by atoms with Crippen LogP contribution < -0.4 is 5.32 Å².